The number of carbonyl (C=O) groups excluding carboxylic acids is 1. The van der Waals surface area contributed by atoms with Crippen molar-refractivity contribution in [3.8, 4) is 0 Å². The van der Waals surface area contributed by atoms with Gasteiger partial charge in [0.2, 0.25) is 17.8 Å². The van der Waals surface area contributed by atoms with Crippen molar-refractivity contribution >= 4 is 23.5 Å². The topological polar surface area (TPSA) is 83.0 Å². The van der Waals surface area contributed by atoms with Crippen LogP contribution in [-0.4, -0.2) is 35.0 Å². The highest BCUT2D eigenvalue weighted by molar-refractivity contribution is 5.94. The largest absolute Gasteiger partial charge is 0.348 e. The Bertz CT molecular complexity index is 772. The van der Waals surface area contributed by atoms with Crippen LogP contribution in [0, 0.1) is 5.92 Å². The van der Waals surface area contributed by atoms with Crippen LogP contribution in [0.2, 0.25) is 0 Å². The van der Waals surface area contributed by atoms with E-state index in [9.17, 15) is 4.79 Å². The molecule has 3 rings (SSSR count). The molecule has 0 radical (unpaired) electrons. The van der Waals surface area contributed by atoms with E-state index in [4.69, 9.17) is 0 Å². The molecule has 1 amide bonds. The van der Waals surface area contributed by atoms with Crippen molar-refractivity contribution in [2.24, 2.45) is 5.92 Å². The normalized spacial score (nSPS) is 14.7. The molecule has 1 heterocycles. The van der Waals surface area contributed by atoms with Gasteiger partial charge in [0.15, 0.2) is 0 Å². The molecular formula is C20H28N6O. The SMILES string of the molecule is CC(C)c1nc(NC(C)c2ccc(NC(=O)C3CC3)cc2)nc(N(C)C)n1. The van der Waals surface area contributed by atoms with Crippen molar-refractivity contribution in [2.45, 2.75) is 45.6 Å². The second kappa shape index (κ2) is 7.90. The van der Waals surface area contributed by atoms with Gasteiger partial charge in [-0.05, 0) is 37.5 Å². The van der Waals surface area contributed by atoms with Crippen LogP contribution in [0.15, 0.2) is 24.3 Å². The molecule has 1 unspecified atom stereocenters. The smallest absolute Gasteiger partial charge is 0.229 e. The van der Waals surface area contributed by atoms with Crippen molar-refractivity contribution in [1.82, 2.24) is 15.0 Å². The van der Waals surface area contributed by atoms with Gasteiger partial charge in [0.05, 0.1) is 6.04 Å². The van der Waals surface area contributed by atoms with Crippen LogP contribution in [0.4, 0.5) is 17.6 Å². The lowest BCUT2D eigenvalue weighted by molar-refractivity contribution is -0.117. The van der Waals surface area contributed by atoms with E-state index in [2.05, 4.69) is 46.4 Å². The Morgan fingerprint density at radius 3 is 2.30 bits per heavy atom. The summed E-state index contributed by atoms with van der Waals surface area (Å²) in [6, 6.07) is 7.92. The number of nitrogens with one attached hydrogen (secondary N) is 2. The fourth-order valence-corrected chi connectivity index (χ4v) is 2.63. The van der Waals surface area contributed by atoms with E-state index in [1.165, 1.54) is 0 Å². The predicted octanol–water partition coefficient (Wildman–Crippen LogP) is 3.58. The Hall–Kier alpha value is -2.70. The van der Waals surface area contributed by atoms with Crippen molar-refractivity contribution in [2.75, 3.05) is 29.6 Å². The minimum Gasteiger partial charge on any atom is -0.348 e. The Morgan fingerprint density at radius 1 is 1.07 bits per heavy atom. The Kier molecular flexibility index (Phi) is 5.58. The average molecular weight is 368 g/mol. The summed E-state index contributed by atoms with van der Waals surface area (Å²) in [7, 11) is 3.84. The van der Waals surface area contributed by atoms with Gasteiger partial charge in [-0.1, -0.05) is 26.0 Å². The first-order chi connectivity index (χ1) is 12.8. The molecule has 27 heavy (non-hydrogen) atoms. The van der Waals surface area contributed by atoms with Gasteiger partial charge in [-0.25, -0.2) is 0 Å². The molecule has 1 aliphatic rings. The summed E-state index contributed by atoms with van der Waals surface area (Å²) in [6.45, 7) is 6.19. The standard InChI is InChI=1S/C20H28N6O/c1-12(2)17-23-19(25-20(24-17)26(4)5)21-13(3)14-8-10-16(11-9-14)22-18(27)15-6-7-15/h8-13,15H,6-7H2,1-5H3,(H,22,27)(H,21,23,24,25). The molecular weight excluding hydrogens is 340 g/mol. The van der Waals surface area contributed by atoms with Gasteiger partial charge in [-0.2, -0.15) is 15.0 Å². The molecule has 1 aliphatic carbocycles. The Labute approximate surface area is 160 Å². The van der Waals surface area contributed by atoms with Crippen molar-refractivity contribution in [1.29, 1.82) is 0 Å². The summed E-state index contributed by atoms with van der Waals surface area (Å²) in [6.07, 6.45) is 2.01. The van der Waals surface area contributed by atoms with E-state index in [0.29, 0.717) is 11.9 Å². The van der Waals surface area contributed by atoms with E-state index >= 15 is 0 Å². The van der Waals surface area contributed by atoms with Gasteiger partial charge < -0.3 is 15.5 Å². The molecule has 144 valence electrons. The maximum Gasteiger partial charge on any atom is 0.229 e. The van der Waals surface area contributed by atoms with E-state index in [1.54, 1.807) is 0 Å². The molecule has 0 bridgehead atoms. The number of hydrogen-bond acceptors (Lipinski definition) is 6. The molecule has 1 aromatic carbocycles. The molecule has 0 spiro atoms. The number of anilines is 3. The number of carbonyl (C=O) groups is 1. The molecule has 7 nitrogen and oxygen atoms in total. The second-order valence-electron chi connectivity index (χ2n) is 7.62. The van der Waals surface area contributed by atoms with E-state index in [-0.39, 0.29) is 23.8 Å². The summed E-state index contributed by atoms with van der Waals surface area (Å²) in [5, 5.41) is 6.32. The zero-order valence-corrected chi connectivity index (χ0v) is 16.7. The molecule has 2 N–H and O–H groups in total. The first kappa shape index (κ1) is 19.1. The predicted molar refractivity (Wildman–Crippen MR) is 108 cm³/mol. The molecule has 1 atom stereocenters. The fourth-order valence-electron chi connectivity index (χ4n) is 2.63. The van der Waals surface area contributed by atoms with Gasteiger partial charge in [0.25, 0.3) is 0 Å². The number of rotatable bonds is 7. The van der Waals surface area contributed by atoms with E-state index < -0.39 is 0 Å². The van der Waals surface area contributed by atoms with Gasteiger partial charge in [0, 0.05) is 31.6 Å². The zero-order valence-electron chi connectivity index (χ0n) is 16.7. The lowest BCUT2D eigenvalue weighted by Crippen LogP contribution is -2.18. The summed E-state index contributed by atoms with van der Waals surface area (Å²) in [5.41, 5.74) is 1.93. The van der Waals surface area contributed by atoms with Gasteiger partial charge in [-0.3, -0.25) is 4.79 Å². The van der Waals surface area contributed by atoms with Crippen LogP contribution in [0.3, 0.4) is 0 Å². The Morgan fingerprint density at radius 2 is 1.74 bits per heavy atom. The zero-order chi connectivity index (χ0) is 19.6. The molecule has 0 aliphatic heterocycles. The molecule has 1 aromatic heterocycles. The summed E-state index contributed by atoms with van der Waals surface area (Å²) >= 11 is 0. The molecule has 7 heteroatoms. The number of amides is 1. The van der Waals surface area contributed by atoms with Gasteiger partial charge in [-0.15, -0.1) is 0 Å². The molecule has 0 saturated heterocycles. The number of aromatic nitrogens is 3. The highest BCUT2D eigenvalue weighted by Crippen LogP contribution is 2.30. The number of hydrogen-bond donors (Lipinski definition) is 2. The number of nitrogens with zero attached hydrogens (tertiary/aromatic N) is 4. The Balaban J connectivity index is 1.70. The van der Waals surface area contributed by atoms with Crippen LogP contribution in [0.1, 0.15) is 57.0 Å². The quantitative estimate of drug-likeness (QED) is 0.777. The van der Waals surface area contributed by atoms with Gasteiger partial charge in [0.1, 0.15) is 5.82 Å². The van der Waals surface area contributed by atoms with E-state index in [1.807, 2.05) is 43.3 Å². The maximum absolute atomic E-state index is 11.9. The number of benzene rings is 1. The van der Waals surface area contributed by atoms with Crippen molar-refractivity contribution in [3.05, 3.63) is 35.7 Å². The minimum atomic E-state index is 0.0237. The highest BCUT2D eigenvalue weighted by Gasteiger charge is 2.29. The van der Waals surface area contributed by atoms with E-state index in [0.717, 1.165) is 29.9 Å². The monoisotopic (exact) mass is 368 g/mol. The third-order valence-electron chi connectivity index (χ3n) is 4.53. The van der Waals surface area contributed by atoms with Crippen LogP contribution >= 0.6 is 0 Å². The van der Waals surface area contributed by atoms with Crippen LogP contribution in [-0.2, 0) is 4.79 Å². The summed E-state index contributed by atoms with van der Waals surface area (Å²) < 4.78 is 0. The van der Waals surface area contributed by atoms with Crippen molar-refractivity contribution < 1.29 is 4.79 Å². The third kappa shape index (κ3) is 4.93. The van der Waals surface area contributed by atoms with Crippen molar-refractivity contribution in [3.63, 3.8) is 0 Å². The fraction of sp³-hybridized carbons (Fsp3) is 0.500. The first-order valence-electron chi connectivity index (χ1n) is 9.44. The lowest BCUT2D eigenvalue weighted by atomic mass is 10.1. The van der Waals surface area contributed by atoms with Crippen LogP contribution < -0.4 is 15.5 Å². The lowest BCUT2D eigenvalue weighted by Gasteiger charge is -2.18. The summed E-state index contributed by atoms with van der Waals surface area (Å²) in [5.74, 6) is 2.52. The second-order valence-corrected chi connectivity index (χ2v) is 7.62. The maximum atomic E-state index is 11.9. The first-order valence-corrected chi connectivity index (χ1v) is 9.44. The average Bonchev–Trinajstić information content (AvgIpc) is 3.47. The minimum absolute atomic E-state index is 0.0237. The highest BCUT2D eigenvalue weighted by atomic mass is 16.2. The van der Waals surface area contributed by atoms with Crippen LogP contribution in [0.25, 0.3) is 0 Å². The summed E-state index contributed by atoms with van der Waals surface area (Å²) in [4.78, 5) is 27.3. The van der Waals surface area contributed by atoms with Crippen LogP contribution in [0.5, 0.6) is 0 Å². The third-order valence-corrected chi connectivity index (χ3v) is 4.53. The molecule has 2 aromatic rings. The molecule has 1 saturated carbocycles. The van der Waals surface area contributed by atoms with Gasteiger partial charge >= 0.3 is 0 Å². The molecule has 1 fully saturated rings.